The van der Waals surface area contributed by atoms with E-state index in [1.807, 2.05) is 18.7 Å². The first-order valence-electron chi connectivity index (χ1n) is 9.84. The van der Waals surface area contributed by atoms with Crippen LogP contribution in [0.15, 0.2) is 23.2 Å². The van der Waals surface area contributed by atoms with Gasteiger partial charge in [-0.2, -0.15) is 0 Å². The number of aromatic nitrogens is 2. The topological polar surface area (TPSA) is 70.6 Å². The second-order valence-electron chi connectivity index (χ2n) is 8.43. The molecule has 25 heavy (non-hydrogen) atoms. The molecular formula is C20H27N3O2. The van der Waals surface area contributed by atoms with Crippen molar-refractivity contribution < 1.29 is 10.2 Å². The van der Waals surface area contributed by atoms with Gasteiger partial charge in [0.1, 0.15) is 0 Å². The summed E-state index contributed by atoms with van der Waals surface area (Å²) in [4.78, 5) is 8.99. The molecular weight excluding hydrogens is 314 g/mol. The minimum Gasteiger partial charge on any atom is -0.393 e. The first-order valence-corrected chi connectivity index (χ1v) is 9.84. The van der Waals surface area contributed by atoms with Gasteiger partial charge in [0.2, 0.25) is 0 Å². The van der Waals surface area contributed by atoms with Crippen LogP contribution in [-0.4, -0.2) is 37.7 Å². The summed E-state index contributed by atoms with van der Waals surface area (Å²) in [6, 6.07) is 0.129. The number of aliphatic hydroxyl groups excluding tert-OH is 1. The van der Waals surface area contributed by atoms with Crippen LogP contribution in [0.1, 0.15) is 69.5 Å². The molecule has 2 fully saturated rings. The van der Waals surface area contributed by atoms with E-state index in [2.05, 4.69) is 14.5 Å². The fourth-order valence-electron chi connectivity index (χ4n) is 5.27. The number of nitrogens with zero attached hydrogens (tertiary/aromatic N) is 3. The van der Waals surface area contributed by atoms with Crippen molar-refractivity contribution in [2.45, 2.75) is 75.5 Å². The van der Waals surface area contributed by atoms with Crippen LogP contribution in [0.2, 0.25) is 0 Å². The largest absolute Gasteiger partial charge is 0.393 e. The highest BCUT2D eigenvalue weighted by Crippen LogP contribution is 2.50. The molecule has 0 saturated heterocycles. The standard InChI is InChI=1S/C20H27N3O2/c24-18(13-3-5-14(6-4-13)20(25)7-8-20)10-16-19-15(2-1-9-22-19)17-11-21-12-23(16)17/h9,11-14,16,18,24-25H,1-8,10H2. The monoisotopic (exact) mass is 341 g/mol. The zero-order valence-electron chi connectivity index (χ0n) is 14.6. The van der Waals surface area contributed by atoms with Crippen molar-refractivity contribution in [2.75, 3.05) is 0 Å². The summed E-state index contributed by atoms with van der Waals surface area (Å²) in [5.74, 6) is 0.808. The molecule has 0 bridgehead atoms. The quantitative estimate of drug-likeness (QED) is 0.884. The molecule has 0 spiro atoms. The molecule has 1 aromatic rings. The van der Waals surface area contributed by atoms with Crippen molar-refractivity contribution in [2.24, 2.45) is 16.8 Å². The van der Waals surface area contributed by atoms with E-state index in [9.17, 15) is 10.2 Å². The van der Waals surface area contributed by atoms with Crippen LogP contribution in [0.3, 0.4) is 0 Å². The number of fused-ring (bicyclic) bond motifs is 2. The number of hydrogen-bond acceptors (Lipinski definition) is 4. The fourth-order valence-corrected chi connectivity index (χ4v) is 5.27. The predicted octanol–water partition coefficient (Wildman–Crippen LogP) is 3.10. The van der Waals surface area contributed by atoms with Gasteiger partial charge in [-0.25, -0.2) is 4.98 Å². The van der Waals surface area contributed by atoms with Crippen LogP contribution in [0.5, 0.6) is 0 Å². The third-order valence-electron chi connectivity index (χ3n) is 6.99. The van der Waals surface area contributed by atoms with E-state index in [0.29, 0.717) is 11.8 Å². The van der Waals surface area contributed by atoms with Gasteiger partial charge in [0.25, 0.3) is 0 Å². The van der Waals surface area contributed by atoms with E-state index in [1.54, 1.807) is 0 Å². The Morgan fingerprint density at radius 2 is 2.04 bits per heavy atom. The Labute approximate surface area is 148 Å². The summed E-state index contributed by atoms with van der Waals surface area (Å²) in [5, 5.41) is 21.3. The Morgan fingerprint density at radius 1 is 1.24 bits per heavy atom. The highest BCUT2D eigenvalue weighted by Gasteiger charge is 2.48. The molecule has 2 aliphatic heterocycles. The maximum atomic E-state index is 10.9. The van der Waals surface area contributed by atoms with Gasteiger partial charge in [-0.05, 0) is 63.2 Å². The number of imidazole rings is 1. The number of aliphatic hydroxyl groups is 2. The Hall–Kier alpha value is -1.46. The molecule has 0 amide bonds. The molecule has 1 aromatic heterocycles. The molecule has 0 radical (unpaired) electrons. The van der Waals surface area contributed by atoms with Gasteiger partial charge in [-0.1, -0.05) is 0 Å². The van der Waals surface area contributed by atoms with Crippen molar-refractivity contribution >= 4 is 11.8 Å². The lowest BCUT2D eigenvalue weighted by Gasteiger charge is -2.35. The summed E-state index contributed by atoms with van der Waals surface area (Å²) >= 11 is 0. The molecule has 5 heteroatoms. The summed E-state index contributed by atoms with van der Waals surface area (Å²) < 4.78 is 2.20. The Morgan fingerprint density at radius 3 is 2.80 bits per heavy atom. The molecule has 5 nitrogen and oxygen atoms in total. The normalized spacial score (nSPS) is 33.9. The van der Waals surface area contributed by atoms with Crippen LogP contribution in [0.25, 0.3) is 5.57 Å². The summed E-state index contributed by atoms with van der Waals surface area (Å²) in [7, 11) is 0. The highest BCUT2D eigenvalue weighted by molar-refractivity contribution is 5.78. The smallest absolute Gasteiger partial charge is 0.0957 e. The van der Waals surface area contributed by atoms with Crippen LogP contribution in [-0.2, 0) is 0 Å². The van der Waals surface area contributed by atoms with Gasteiger partial charge in [0, 0.05) is 18.2 Å². The third-order valence-corrected chi connectivity index (χ3v) is 6.99. The maximum Gasteiger partial charge on any atom is 0.0957 e. The molecule has 0 aromatic carbocycles. The molecule has 5 rings (SSSR count). The van der Waals surface area contributed by atoms with Crippen LogP contribution in [0.4, 0.5) is 0 Å². The van der Waals surface area contributed by atoms with E-state index < -0.39 is 0 Å². The lowest BCUT2D eigenvalue weighted by atomic mass is 9.75. The lowest BCUT2D eigenvalue weighted by Crippen LogP contribution is -2.32. The van der Waals surface area contributed by atoms with Crippen LogP contribution < -0.4 is 0 Å². The average molecular weight is 341 g/mol. The summed E-state index contributed by atoms with van der Waals surface area (Å²) in [6.45, 7) is 0. The van der Waals surface area contributed by atoms with Crippen molar-refractivity contribution in [3.8, 4) is 0 Å². The molecule has 2 aliphatic carbocycles. The van der Waals surface area contributed by atoms with Gasteiger partial charge in [-0.3, -0.25) is 4.99 Å². The average Bonchev–Trinajstić information content (AvgIpc) is 3.11. The number of allylic oxidation sites excluding steroid dienone is 2. The van der Waals surface area contributed by atoms with E-state index in [4.69, 9.17) is 0 Å². The molecule has 4 aliphatic rings. The fraction of sp³-hybridized carbons (Fsp3) is 0.700. The van der Waals surface area contributed by atoms with Gasteiger partial charge < -0.3 is 14.8 Å². The number of rotatable bonds is 4. The van der Waals surface area contributed by atoms with E-state index >= 15 is 0 Å². The van der Waals surface area contributed by atoms with Gasteiger partial charge in [-0.15, -0.1) is 0 Å². The zero-order valence-corrected chi connectivity index (χ0v) is 14.6. The zero-order chi connectivity index (χ0) is 17.0. The van der Waals surface area contributed by atoms with Crippen molar-refractivity contribution in [3.05, 3.63) is 23.9 Å². The van der Waals surface area contributed by atoms with Gasteiger partial charge in [0.15, 0.2) is 0 Å². The molecule has 134 valence electrons. The van der Waals surface area contributed by atoms with Gasteiger partial charge >= 0.3 is 0 Å². The molecule has 2 saturated carbocycles. The summed E-state index contributed by atoms with van der Waals surface area (Å²) in [6.07, 6.45) is 14.4. The summed E-state index contributed by atoms with van der Waals surface area (Å²) in [5.41, 5.74) is 3.29. The first-order chi connectivity index (χ1) is 12.2. The minimum atomic E-state index is -0.358. The van der Waals surface area contributed by atoms with E-state index in [1.165, 1.54) is 11.3 Å². The Balaban J connectivity index is 1.28. The highest BCUT2D eigenvalue weighted by atomic mass is 16.3. The molecule has 3 heterocycles. The maximum absolute atomic E-state index is 10.9. The number of hydrogen-bond donors (Lipinski definition) is 2. The SMILES string of the molecule is OC(CC1C2=C(CCC=N2)c2cncn21)C1CCC(C2(O)CC2)CC1. The number of aliphatic imine (C=N–C) groups is 1. The van der Waals surface area contributed by atoms with Crippen LogP contribution >= 0.6 is 0 Å². The van der Waals surface area contributed by atoms with Crippen molar-refractivity contribution in [3.63, 3.8) is 0 Å². The van der Waals surface area contributed by atoms with Crippen LogP contribution in [0, 0.1) is 11.8 Å². The molecule has 2 unspecified atom stereocenters. The molecule has 2 atom stereocenters. The second kappa shape index (κ2) is 5.78. The van der Waals surface area contributed by atoms with Crippen molar-refractivity contribution in [1.29, 1.82) is 0 Å². The van der Waals surface area contributed by atoms with E-state index in [-0.39, 0.29) is 17.7 Å². The predicted molar refractivity (Wildman–Crippen MR) is 96.2 cm³/mol. The Bertz CT molecular complexity index is 723. The van der Waals surface area contributed by atoms with Gasteiger partial charge in [0.05, 0.1) is 41.7 Å². The minimum absolute atomic E-state index is 0.129. The van der Waals surface area contributed by atoms with Crippen molar-refractivity contribution in [1.82, 2.24) is 9.55 Å². The Kier molecular flexibility index (Phi) is 3.64. The van der Waals surface area contributed by atoms with E-state index in [0.717, 1.165) is 63.5 Å². The molecule has 2 N–H and O–H groups in total. The second-order valence-corrected chi connectivity index (χ2v) is 8.43. The third kappa shape index (κ3) is 2.59. The lowest BCUT2D eigenvalue weighted by molar-refractivity contribution is 0.0151. The first kappa shape index (κ1) is 15.8.